The summed E-state index contributed by atoms with van der Waals surface area (Å²) >= 11 is 0. The van der Waals surface area contributed by atoms with Crippen molar-refractivity contribution >= 4 is 11.9 Å². The smallest absolute Gasteiger partial charge is 0.307 e. The van der Waals surface area contributed by atoms with Gasteiger partial charge in [-0.15, -0.1) is 0 Å². The lowest BCUT2D eigenvalue weighted by atomic mass is 9.95. The molecular weight excluding hydrogens is 318 g/mol. The zero-order valence-corrected chi connectivity index (χ0v) is 13.5. The van der Waals surface area contributed by atoms with E-state index in [1.165, 1.54) is 11.1 Å². The number of hydrogen-bond acceptors (Lipinski definition) is 3. The Morgan fingerprint density at radius 2 is 1.96 bits per heavy atom. The maximum absolute atomic E-state index is 12.2. The maximum atomic E-state index is 12.2. The van der Waals surface area contributed by atoms with Crippen molar-refractivity contribution in [1.29, 1.82) is 0 Å². The predicted octanol–water partition coefficient (Wildman–Crippen LogP) is 2.45. The van der Waals surface area contributed by atoms with Crippen LogP contribution in [0.25, 0.3) is 11.1 Å². The van der Waals surface area contributed by atoms with Gasteiger partial charge in [0.15, 0.2) is 0 Å². The van der Waals surface area contributed by atoms with E-state index in [-0.39, 0.29) is 23.7 Å². The van der Waals surface area contributed by atoms with Crippen LogP contribution in [0.1, 0.15) is 27.4 Å². The van der Waals surface area contributed by atoms with Gasteiger partial charge in [-0.05, 0) is 46.7 Å². The number of amides is 1. The molecule has 2 aromatic carbocycles. The highest BCUT2D eigenvalue weighted by atomic mass is 16.5. The SMILES string of the molecule is O=C1NCCOc2ccc(-c3ccc4c(c3)CC3C(C(=O)O)C43)cc21. The van der Waals surface area contributed by atoms with Crippen LogP contribution in [0.2, 0.25) is 0 Å². The normalized spacial score (nSPS) is 25.8. The first-order valence-electron chi connectivity index (χ1n) is 8.54. The summed E-state index contributed by atoms with van der Waals surface area (Å²) in [4.78, 5) is 23.4. The van der Waals surface area contributed by atoms with Gasteiger partial charge in [0.05, 0.1) is 18.0 Å². The van der Waals surface area contributed by atoms with Crippen LogP contribution in [0.5, 0.6) is 5.75 Å². The van der Waals surface area contributed by atoms with Crippen LogP contribution >= 0.6 is 0 Å². The van der Waals surface area contributed by atoms with Crippen molar-refractivity contribution in [2.24, 2.45) is 11.8 Å². The highest BCUT2D eigenvalue weighted by molar-refractivity contribution is 5.98. The molecule has 3 atom stereocenters. The Kier molecular flexibility index (Phi) is 2.95. The molecule has 1 saturated carbocycles. The average Bonchev–Trinajstić information content (AvgIpc) is 3.26. The van der Waals surface area contributed by atoms with Crippen LogP contribution in [0.4, 0.5) is 0 Å². The molecule has 5 heteroatoms. The first-order chi connectivity index (χ1) is 12.1. The zero-order valence-electron chi connectivity index (χ0n) is 13.5. The first kappa shape index (κ1) is 14.5. The Morgan fingerprint density at radius 1 is 1.16 bits per heavy atom. The number of carboxylic acid groups (broad SMARTS) is 1. The van der Waals surface area contributed by atoms with Crippen LogP contribution < -0.4 is 10.1 Å². The van der Waals surface area contributed by atoms with Crippen LogP contribution in [0.15, 0.2) is 36.4 Å². The Morgan fingerprint density at radius 3 is 2.80 bits per heavy atom. The third-order valence-corrected chi connectivity index (χ3v) is 5.61. The number of carbonyl (C=O) groups excluding carboxylic acids is 1. The van der Waals surface area contributed by atoms with Gasteiger partial charge < -0.3 is 15.2 Å². The molecule has 0 radical (unpaired) electrons. The van der Waals surface area contributed by atoms with Crippen LogP contribution in [-0.2, 0) is 11.2 Å². The van der Waals surface area contributed by atoms with Gasteiger partial charge in [0.1, 0.15) is 12.4 Å². The second-order valence-corrected chi connectivity index (χ2v) is 6.99. The van der Waals surface area contributed by atoms with Gasteiger partial charge in [-0.2, -0.15) is 0 Å². The number of nitrogens with one attached hydrogen (secondary N) is 1. The van der Waals surface area contributed by atoms with Gasteiger partial charge in [0.25, 0.3) is 5.91 Å². The summed E-state index contributed by atoms with van der Waals surface area (Å²) in [7, 11) is 0. The fraction of sp³-hybridized carbons (Fsp3) is 0.300. The fourth-order valence-electron chi connectivity index (χ4n) is 4.36. The van der Waals surface area contributed by atoms with Crippen molar-refractivity contribution in [2.75, 3.05) is 13.2 Å². The summed E-state index contributed by atoms with van der Waals surface area (Å²) < 4.78 is 5.60. The van der Waals surface area contributed by atoms with Gasteiger partial charge in [-0.3, -0.25) is 9.59 Å². The predicted molar refractivity (Wildman–Crippen MR) is 90.8 cm³/mol. The quantitative estimate of drug-likeness (QED) is 0.884. The molecule has 1 heterocycles. The average molecular weight is 335 g/mol. The van der Waals surface area contributed by atoms with E-state index in [1.807, 2.05) is 24.3 Å². The molecule has 0 spiro atoms. The molecule has 5 rings (SSSR count). The summed E-state index contributed by atoms with van der Waals surface area (Å²) in [6.45, 7) is 0.986. The number of benzene rings is 2. The number of fused-ring (bicyclic) bond motifs is 4. The van der Waals surface area contributed by atoms with E-state index in [0.717, 1.165) is 17.5 Å². The molecule has 3 unspecified atom stereocenters. The molecule has 1 amide bonds. The van der Waals surface area contributed by atoms with Crippen molar-refractivity contribution in [1.82, 2.24) is 5.32 Å². The summed E-state index contributed by atoms with van der Waals surface area (Å²) in [5.74, 6) is 0.0708. The number of aliphatic carboxylic acids is 1. The van der Waals surface area contributed by atoms with Gasteiger partial charge >= 0.3 is 5.97 Å². The minimum Gasteiger partial charge on any atom is -0.491 e. The largest absolute Gasteiger partial charge is 0.491 e. The van der Waals surface area contributed by atoms with Crippen molar-refractivity contribution in [2.45, 2.75) is 12.3 Å². The molecular formula is C20H17NO4. The first-order valence-corrected chi connectivity index (χ1v) is 8.54. The summed E-state index contributed by atoms with van der Waals surface area (Å²) in [5.41, 5.74) is 4.99. The van der Waals surface area contributed by atoms with Crippen LogP contribution in [0, 0.1) is 11.8 Å². The molecule has 2 aromatic rings. The zero-order chi connectivity index (χ0) is 17.1. The molecule has 1 fully saturated rings. The van der Waals surface area contributed by atoms with E-state index in [1.54, 1.807) is 0 Å². The Bertz CT molecular complexity index is 920. The van der Waals surface area contributed by atoms with Gasteiger partial charge in [-0.25, -0.2) is 0 Å². The highest BCUT2D eigenvalue weighted by Gasteiger charge is 2.59. The van der Waals surface area contributed by atoms with Crippen molar-refractivity contribution in [3.05, 3.63) is 53.1 Å². The standard InChI is InChI=1S/C20H17NO4/c22-19-14-8-11(2-4-16(14)25-6-5-21-19)10-1-3-13-12(7-10)9-15-17(13)18(15)20(23)24/h1-4,7-8,15,17-18H,5-6,9H2,(H,21,22)(H,23,24). The number of hydrogen-bond donors (Lipinski definition) is 2. The highest BCUT2D eigenvalue weighted by Crippen LogP contribution is 2.61. The molecule has 0 bridgehead atoms. The number of carboxylic acids is 1. The molecule has 0 aromatic heterocycles. The second-order valence-electron chi connectivity index (χ2n) is 6.99. The summed E-state index contributed by atoms with van der Waals surface area (Å²) in [6.07, 6.45) is 0.833. The van der Waals surface area contributed by atoms with Crippen LogP contribution in [0.3, 0.4) is 0 Å². The van der Waals surface area contributed by atoms with E-state index >= 15 is 0 Å². The molecule has 3 aliphatic rings. The van der Waals surface area contributed by atoms with E-state index in [0.29, 0.717) is 24.5 Å². The van der Waals surface area contributed by atoms with Gasteiger partial charge in [0, 0.05) is 5.92 Å². The Hall–Kier alpha value is -2.82. The number of carbonyl (C=O) groups is 2. The molecule has 2 N–H and O–H groups in total. The van der Waals surface area contributed by atoms with Gasteiger partial charge in [-0.1, -0.05) is 24.3 Å². The van der Waals surface area contributed by atoms with E-state index in [2.05, 4.69) is 17.4 Å². The molecule has 1 aliphatic heterocycles. The lowest BCUT2D eigenvalue weighted by Gasteiger charge is -2.11. The topological polar surface area (TPSA) is 75.6 Å². The fourth-order valence-corrected chi connectivity index (χ4v) is 4.36. The third-order valence-electron chi connectivity index (χ3n) is 5.61. The monoisotopic (exact) mass is 335 g/mol. The van der Waals surface area contributed by atoms with Crippen molar-refractivity contribution in [3.8, 4) is 16.9 Å². The molecule has 2 aliphatic carbocycles. The maximum Gasteiger partial charge on any atom is 0.307 e. The molecule has 0 saturated heterocycles. The minimum atomic E-state index is -0.679. The summed E-state index contributed by atoms with van der Waals surface area (Å²) in [6, 6.07) is 11.9. The number of rotatable bonds is 2. The second kappa shape index (κ2) is 5.09. The summed E-state index contributed by atoms with van der Waals surface area (Å²) in [5, 5.41) is 12.1. The Balaban J connectivity index is 1.50. The molecule has 25 heavy (non-hydrogen) atoms. The minimum absolute atomic E-state index is 0.110. The Labute approximate surface area is 144 Å². The molecule has 126 valence electrons. The lowest BCUT2D eigenvalue weighted by Crippen LogP contribution is -2.24. The molecule has 5 nitrogen and oxygen atoms in total. The van der Waals surface area contributed by atoms with E-state index in [9.17, 15) is 14.7 Å². The number of ether oxygens (including phenoxy) is 1. The van der Waals surface area contributed by atoms with Crippen LogP contribution in [-0.4, -0.2) is 30.1 Å². The third kappa shape index (κ3) is 2.15. The van der Waals surface area contributed by atoms with Gasteiger partial charge in [0.2, 0.25) is 0 Å². The van der Waals surface area contributed by atoms with E-state index in [4.69, 9.17) is 4.74 Å². The van der Waals surface area contributed by atoms with Crippen molar-refractivity contribution in [3.63, 3.8) is 0 Å². The van der Waals surface area contributed by atoms with E-state index < -0.39 is 5.97 Å². The lowest BCUT2D eigenvalue weighted by molar-refractivity contribution is -0.139. The van der Waals surface area contributed by atoms with Crippen molar-refractivity contribution < 1.29 is 19.4 Å².